The van der Waals surface area contributed by atoms with Gasteiger partial charge in [0.1, 0.15) is 0 Å². The molecule has 5 rings (SSSR count). The summed E-state index contributed by atoms with van der Waals surface area (Å²) in [4.78, 5) is 33.8. The summed E-state index contributed by atoms with van der Waals surface area (Å²) in [5.41, 5.74) is 4.33. The molecule has 0 radical (unpaired) electrons. The maximum atomic E-state index is 13.3. The van der Waals surface area contributed by atoms with Crippen molar-refractivity contribution in [3.8, 4) is 0 Å². The standard InChI is InChI=1S/C26H27N3O2S/c30-25(28-13-5-6-14-28)18-32-24-10-4-2-8-21(24)26(31)29-15-11-19(12-16-29)22-17-27-23-9-3-1-7-20(22)23/h1-4,7-11,17,27H,5-6,12-16,18H2. The first-order chi connectivity index (χ1) is 15.7. The number of nitrogens with zero attached hydrogens (tertiary/aromatic N) is 2. The van der Waals surface area contributed by atoms with Gasteiger partial charge in [-0.25, -0.2) is 0 Å². The van der Waals surface area contributed by atoms with E-state index in [1.807, 2.05) is 40.1 Å². The zero-order valence-corrected chi connectivity index (χ0v) is 18.9. The lowest BCUT2D eigenvalue weighted by Gasteiger charge is -2.27. The molecule has 1 saturated heterocycles. The smallest absolute Gasteiger partial charge is 0.255 e. The molecule has 2 aromatic carbocycles. The molecule has 0 spiro atoms. The van der Waals surface area contributed by atoms with Gasteiger partial charge in [0, 0.05) is 53.7 Å². The van der Waals surface area contributed by atoms with Crippen LogP contribution in [0.15, 0.2) is 65.7 Å². The van der Waals surface area contributed by atoms with Crippen LogP contribution in [-0.2, 0) is 4.79 Å². The van der Waals surface area contributed by atoms with Crippen LogP contribution in [0.1, 0.15) is 35.2 Å². The number of thioether (sulfide) groups is 1. The monoisotopic (exact) mass is 445 g/mol. The average molecular weight is 446 g/mol. The molecule has 2 aliphatic rings. The molecule has 6 heteroatoms. The Bertz CT molecular complexity index is 1180. The lowest BCUT2D eigenvalue weighted by molar-refractivity contribution is -0.127. The molecule has 0 bridgehead atoms. The van der Waals surface area contributed by atoms with Crippen molar-refractivity contribution in [2.75, 3.05) is 31.9 Å². The molecule has 2 aliphatic heterocycles. The first-order valence-corrected chi connectivity index (χ1v) is 12.2. The Morgan fingerprint density at radius 2 is 1.72 bits per heavy atom. The van der Waals surface area contributed by atoms with Crippen molar-refractivity contribution in [2.24, 2.45) is 0 Å². The number of aromatic nitrogens is 1. The number of hydrogen-bond donors (Lipinski definition) is 1. The molecule has 164 valence electrons. The third-order valence-corrected chi connectivity index (χ3v) is 7.42. The van der Waals surface area contributed by atoms with Crippen molar-refractivity contribution < 1.29 is 9.59 Å². The molecule has 1 fully saturated rings. The van der Waals surface area contributed by atoms with Crippen LogP contribution in [0, 0.1) is 0 Å². The first-order valence-electron chi connectivity index (χ1n) is 11.2. The molecule has 32 heavy (non-hydrogen) atoms. The normalized spacial score (nSPS) is 16.4. The fourth-order valence-corrected chi connectivity index (χ4v) is 5.52. The van der Waals surface area contributed by atoms with Gasteiger partial charge in [0.2, 0.25) is 5.91 Å². The summed E-state index contributed by atoms with van der Waals surface area (Å²) in [6, 6.07) is 16.0. The van der Waals surface area contributed by atoms with E-state index in [0.29, 0.717) is 24.4 Å². The molecule has 0 saturated carbocycles. The Labute approximate surface area is 192 Å². The second-order valence-electron chi connectivity index (χ2n) is 8.35. The van der Waals surface area contributed by atoms with Crippen LogP contribution in [0.3, 0.4) is 0 Å². The van der Waals surface area contributed by atoms with E-state index in [1.165, 1.54) is 28.3 Å². The number of rotatable bonds is 5. The quantitative estimate of drug-likeness (QED) is 0.574. The van der Waals surface area contributed by atoms with Crippen LogP contribution in [0.4, 0.5) is 0 Å². The molecule has 1 N–H and O–H groups in total. The maximum absolute atomic E-state index is 13.3. The van der Waals surface area contributed by atoms with Crippen molar-refractivity contribution in [1.82, 2.24) is 14.8 Å². The van der Waals surface area contributed by atoms with E-state index in [-0.39, 0.29) is 11.8 Å². The van der Waals surface area contributed by atoms with Crippen molar-refractivity contribution in [3.05, 3.63) is 71.9 Å². The van der Waals surface area contributed by atoms with Gasteiger partial charge in [-0.3, -0.25) is 9.59 Å². The molecule has 5 nitrogen and oxygen atoms in total. The zero-order valence-electron chi connectivity index (χ0n) is 18.0. The number of fused-ring (bicyclic) bond motifs is 1. The van der Waals surface area contributed by atoms with Crippen molar-refractivity contribution in [1.29, 1.82) is 0 Å². The summed E-state index contributed by atoms with van der Waals surface area (Å²) in [5, 5.41) is 1.22. The first kappa shape index (κ1) is 20.9. The van der Waals surface area contributed by atoms with Gasteiger partial charge in [0.25, 0.3) is 5.91 Å². The van der Waals surface area contributed by atoms with Crippen molar-refractivity contribution in [3.63, 3.8) is 0 Å². The highest BCUT2D eigenvalue weighted by molar-refractivity contribution is 8.00. The molecule has 1 aromatic heterocycles. The Kier molecular flexibility index (Phi) is 6.04. The lowest BCUT2D eigenvalue weighted by atomic mass is 9.98. The Morgan fingerprint density at radius 1 is 0.938 bits per heavy atom. The number of carbonyl (C=O) groups excluding carboxylic acids is 2. The number of para-hydroxylation sites is 1. The lowest BCUT2D eigenvalue weighted by Crippen LogP contribution is -2.35. The number of carbonyl (C=O) groups is 2. The van der Waals surface area contributed by atoms with Gasteiger partial charge >= 0.3 is 0 Å². The van der Waals surface area contributed by atoms with Crippen molar-refractivity contribution >= 4 is 40.1 Å². The number of amides is 2. The third kappa shape index (κ3) is 4.19. The summed E-state index contributed by atoms with van der Waals surface area (Å²) < 4.78 is 0. The summed E-state index contributed by atoms with van der Waals surface area (Å²) in [5.74, 6) is 0.588. The Balaban J connectivity index is 1.27. The SMILES string of the molecule is O=C(CSc1ccccc1C(=O)N1CC=C(c2c[nH]c3ccccc23)CC1)N1CCCC1. The number of H-pyrrole nitrogens is 1. The minimum atomic E-state index is 0.0379. The predicted molar refractivity (Wildman–Crippen MR) is 130 cm³/mol. The average Bonchev–Trinajstić information content (AvgIpc) is 3.53. The number of likely N-dealkylation sites (tertiary alicyclic amines) is 1. The summed E-state index contributed by atoms with van der Waals surface area (Å²) in [6.07, 6.45) is 7.25. The topological polar surface area (TPSA) is 56.4 Å². The predicted octanol–water partition coefficient (Wildman–Crippen LogP) is 4.81. The van der Waals surface area contributed by atoms with Gasteiger partial charge < -0.3 is 14.8 Å². The van der Waals surface area contributed by atoms with E-state index >= 15 is 0 Å². The second-order valence-corrected chi connectivity index (χ2v) is 9.37. The highest BCUT2D eigenvalue weighted by atomic mass is 32.2. The van der Waals surface area contributed by atoms with E-state index in [9.17, 15) is 9.59 Å². The van der Waals surface area contributed by atoms with E-state index in [2.05, 4.69) is 35.5 Å². The summed E-state index contributed by atoms with van der Waals surface area (Å²) in [7, 11) is 0. The molecular formula is C26H27N3O2S. The van der Waals surface area contributed by atoms with Gasteiger partial charge in [-0.2, -0.15) is 0 Å². The number of hydrogen-bond acceptors (Lipinski definition) is 3. The largest absolute Gasteiger partial charge is 0.361 e. The van der Waals surface area contributed by atoms with Gasteiger partial charge in [-0.15, -0.1) is 11.8 Å². The fraction of sp³-hybridized carbons (Fsp3) is 0.308. The van der Waals surface area contributed by atoms with Gasteiger partial charge in [0.15, 0.2) is 0 Å². The number of benzene rings is 2. The van der Waals surface area contributed by atoms with Crippen LogP contribution in [0.25, 0.3) is 16.5 Å². The van der Waals surface area contributed by atoms with Gasteiger partial charge in [-0.1, -0.05) is 36.4 Å². The Hall–Kier alpha value is -2.99. The zero-order chi connectivity index (χ0) is 21.9. The minimum Gasteiger partial charge on any atom is -0.361 e. The van der Waals surface area contributed by atoms with Crippen LogP contribution in [0.5, 0.6) is 0 Å². The molecule has 3 aromatic rings. The maximum Gasteiger partial charge on any atom is 0.255 e. The third-order valence-electron chi connectivity index (χ3n) is 6.36. The summed E-state index contributed by atoms with van der Waals surface area (Å²) >= 11 is 1.48. The van der Waals surface area contributed by atoms with Crippen LogP contribution >= 0.6 is 11.8 Å². The van der Waals surface area contributed by atoms with Gasteiger partial charge in [0.05, 0.1) is 11.3 Å². The van der Waals surface area contributed by atoms with Crippen LogP contribution < -0.4 is 0 Å². The van der Waals surface area contributed by atoms with Crippen molar-refractivity contribution in [2.45, 2.75) is 24.2 Å². The number of nitrogens with one attached hydrogen (secondary N) is 1. The highest BCUT2D eigenvalue weighted by Gasteiger charge is 2.23. The molecule has 0 aliphatic carbocycles. The molecule has 2 amide bonds. The second kappa shape index (κ2) is 9.25. The number of aromatic amines is 1. The van der Waals surface area contributed by atoms with Crippen LogP contribution in [0.2, 0.25) is 0 Å². The fourth-order valence-electron chi connectivity index (χ4n) is 4.57. The van der Waals surface area contributed by atoms with Gasteiger partial charge in [-0.05, 0) is 43.0 Å². The van der Waals surface area contributed by atoms with E-state index in [4.69, 9.17) is 0 Å². The summed E-state index contributed by atoms with van der Waals surface area (Å²) in [6.45, 7) is 3.01. The highest BCUT2D eigenvalue weighted by Crippen LogP contribution is 2.30. The molecular weight excluding hydrogens is 418 g/mol. The van der Waals surface area contributed by atoms with Crippen LogP contribution in [-0.4, -0.2) is 58.5 Å². The molecule has 0 atom stereocenters. The Morgan fingerprint density at radius 3 is 2.53 bits per heavy atom. The van der Waals surface area contributed by atoms with E-state index < -0.39 is 0 Å². The molecule has 0 unspecified atom stereocenters. The minimum absolute atomic E-state index is 0.0379. The van der Waals surface area contributed by atoms with E-state index in [1.54, 1.807) is 0 Å². The molecule has 3 heterocycles. The van der Waals surface area contributed by atoms with E-state index in [0.717, 1.165) is 42.8 Å².